The van der Waals surface area contributed by atoms with Crippen molar-refractivity contribution in [3.63, 3.8) is 0 Å². The second kappa shape index (κ2) is 10.3. The third kappa shape index (κ3) is 8.31. The number of rotatable bonds is 7. The van der Waals surface area contributed by atoms with Gasteiger partial charge in [-0.2, -0.15) is 0 Å². The van der Waals surface area contributed by atoms with Crippen LogP contribution in [0.25, 0.3) is 0 Å². The van der Waals surface area contributed by atoms with E-state index in [1.165, 1.54) is 6.92 Å². The Morgan fingerprint density at radius 1 is 1.07 bits per heavy atom. The summed E-state index contributed by atoms with van der Waals surface area (Å²) >= 11 is 5.87. The van der Waals surface area contributed by atoms with E-state index in [0.29, 0.717) is 28.0 Å². The van der Waals surface area contributed by atoms with Gasteiger partial charge < -0.3 is 14.8 Å². The lowest BCUT2D eigenvalue weighted by Gasteiger charge is -2.25. The van der Waals surface area contributed by atoms with Crippen LogP contribution >= 0.6 is 11.6 Å². The van der Waals surface area contributed by atoms with Gasteiger partial charge in [0.2, 0.25) is 5.91 Å². The van der Waals surface area contributed by atoms with Gasteiger partial charge in [0.15, 0.2) is 0 Å². The molecule has 0 aliphatic carbocycles. The molecule has 0 aliphatic rings. The normalized spacial score (nSPS) is 12.1. The maximum Gasteiger partial charge on any atom is 0.407 e. The molecule has 0 aromatic heterocycles. The predicted octanol–water partition coefficient (Wildman–Crippen LogP) is 4.81. The molecule has 0 heterocycles. The number of benzene rings is 2. The smallest absolute Gasteiger partial charge is 0.407 e. The lowest BCUT2D eigenvalue weighted by molar-refractivity contribution is -0.164. The lowest BCUT2D eigenvalue weighted by atomic mass is 10.1. The number of hydrogen-bond donors (Lipinski definition) is 2. The van der Waals surface area contributed by atoms with E-state index in [0.717, 1.165) is 5.56 Å². The summed E-state index contributed by atoms with van der Waals surface area (Å²) < 4.78 is 11.0. The van der Waals surface area contributed by atoms with Crippen molar-refractivity contribution in [1.82, 2.24) is 10.4 Å². The highest BCUT2D eigenvalue weighted by Crippen LogP contribution is 2.23. The van der Waals surface area contributed by atoms with E-state index < -0.39 is 23.6 Å². The fourth-order valence-corrected chi connectivity index (χ4v) is 2.72. The Kier molecular flexibility index (Phi) is 8.08. The number of carbonyl (C=O) groups is 2. The first-order chi connectivity index (χ1) is 14.0. The summed E-state index contributed by atoms with van der Waals surface area (Å²) in [4.78, 5) is 23.5. The molecule has 0 bridgehead atoms. The third-order valence-corrected chi connectivity index (χ3v) is 4.18. The molecule has 0 unspecified atom stereocenters. The number of hydroxylamine groups is 2. The van der Waals surface area contributed by atoms with E-state index in [2.05, 4.69) is 5.32 Å². The van der Waals surface area contributed by atoms with Crippen molar-refractivity contribution in [1.29, 1.82) is 0 Å². The van der Waals surface area contributed by atoms with Crippen LogP contribution in [0.15, 0.2) is 48.5 Å². The van der Waals surface area contributed by atoms with Gasteiger partial charge in [-0.25, -0.2) is 9.86 Å². The Labute approximate surface area is 181 Å². The van der Waals surface area contributed by atoms with Crippen LogP contribution in [0.3, 0.4) is 0 Å². The molecule has 7 nitrogen and oxygen atoms in total. The highest BCUT2D eigenvalue weighted by atomic mass is 35.5. The first kappa shape index (κ1) is 23.5. The van der Waals surface area contributed by atoms with Gasteiger partial charge >= 0.3 is 6.09 Å². The topological polar surface area (TPSA) is 88.1 Å². The van der Waals surface area contributed by atoms with Gasteiger partial charge in [-0.3, -0.25) is 10.0 Å². The van der Waals surface area contributed by atoms with Crippen LogP contribution in [0.1, 0.15) is 33.3 Å². The number of carbonyl (C=O) groups excluding carboxylic acids is 2. The van der Waals surface area contributed by atoms with Gasteiger partial charge in [-0.15, -0.1) is 0 Å². The maximum atomic E-state index is 12.1. The van der Waals surface area contributed by atoms with Gasteiger partial charge in [0, 0.05) is 11.9 Å². The van der Waals surface area contributed by atoms with Gasteiger partial charge in [0.25, 0.3) is 0 Å². The molecule has 2 aromatic carbocycles. The number of nitrogens with one attached hydrogen (secondary N) is 1. The lowest BCUT2D eigenvalue weighted by Crippen LogP contribution is -2.47. The fourth-order valence-electron chi connectivity index (χ4n) is 2.59. The zero-order valence-electron chi connectivity index (χ0n) is 17.5. The zero-order valence-corrected chi connectivity index (χ0v) is 18.3. The van der Waals surface area contributed by atoms with Crippen LogP contribution in [0.5, 0.6) is 11.5 Å². The van der Waals surface area contributed by atoms with Gasteiger partial charge in [0.1, 0.15) is 17.1 Å². The summed E-state index contributed by atoms with van der Waals surface area (Å²) in [5, 5.41) is 13.7. The molecule has 1 atom stereocenters. The quantitative estimate of drug-likeness (QED) is 0.482. The minimum absolute atomic E-state index is 0.0718. The molecule has 0 saturated carbocycles. The predicted molar refractivity (Wildman–Crippen MR) is 114 cm³/mol. The molecule has 0 aliphatic heterocycles. The maximum absolute atomic E-state index is 12.1. The van der Waals surface area contributed by atoms with E-state index in [4.69, 9.17) is 21.1 Å². The zero-order chi connectivity index (χ0) is 22.3. The molecule has 0 radical (unpaired) electrons. The molecular formula is C22H27ClN2O5. The summed E-state index contributed by atoms with van der Waals surface area (Å²) in [6.45, 7) is 6.45. The summed E-state index contributed by atoms with van der Waals surface area (Å²) in [6, 6.07) is 13.8. The summed E-state index contributed by atoms with van der Waals surface area (Å²) in [7, 11) is 0. The number of halogens is 1. The third-order valence-electron chi connectivity index (χ3n) is 3.93. The van der Waals surface area contributed by atoms with Crippen molar-refractivity contribution in [3.05, 3.63) is 59.1 Å². The monoisotopic (exact) mass is 434 g/mol. The Morgan fingerprint density at radius 3 is 2.10 bits per heavy atom. The van der Waals surface area contributed by atoms with Crippen LogP contribution in [0, 0.1) is 0 Å². The standard InChI is InChI=1S/C22H27ClN2O5/c1-15(26)25(28)14-18(24-21(27)30-22(2,3)4)13-16-5-9-19(10-6-16)29-20-11-7-17(23)8-12-20/h5-12,18,28H,13-14H2,1-4H3,(H,24,27)/t18-/m0/s1. The van der Waals surface area contributed by atoms with E-state index in [1.54, 1.807) is 57.2 Å². The molecule has 0 spiro atoms. The average molecular weight is 435 g/mol. The Morgan fingerprint density at radius 2 is 1.60 bits per heavy atom. The first-order valence-corrected chi connectivity index (χ1v) is 9.88. The van der Waals surface area contributed by atoms with E-state index in [-0.39, 0.29) is 6.54 Å². The van der Waals surface area contributed by atoms with Crippen molar-refractivity contribution < 1.29 is 24.3 Å². The van der Waals surface area contributed by atoms with Crippen molar-refractivity contribution in [2.75, 3.05) is 6.54 Å². The number of nitrogens with zero attached hydrogens (tertiary/aromatic N) is 1. The van der Waals surface area contributed by atoms with Crippen LogP contribution in [-0.4, -0.2) is 40.5 Å². The molecule has 2 amide bonds. The first-order valence-electron chi connectivity index (χ1n) is 9.51. The molecule has 0 fully saturated rings. The number of hydrogen-bond acceptors (Lipinski definition) is 5. The van der Waals surface area contributed by atoms with Gasteiger partial charge in [-0.1, -0.05) is 23.7 Å². The molecule has 30 heavy (non-hydrogen) atoms. The van der Waals surface area contributed by atoms with Gasteiger partial charge in [-0.05, 0) is 69.2 Å². The Hall–Kier alpha value is -2.77. The second-order valence-electron chi connectivity index (χ2n) is 7.85. The van der Waals surface area contributed by atoms with E-state index in [1.807, 2.05) is 12.1 Å². The molecule has 2 N–H and O–H groups in total. The van der Waals surface area contributed by atoms with Crippen LogP contribution in [0.2, 0.25) is 5.02 Å². The van der Waals surface area contributed by atoms with Crippen molar-refractivity contribution in [2.24, 2.45) is 0 Å². The summed E-state index contributed by atoms with van der Waals surface area (Å²) in [5.41, 5.74) is 0.228. The molecule has 8 heteroatoms. The van der Waals surface area contributed by atoms with Crippen LogP contribution < -0.4 is 10.1 Å². The molecule has 0 saturated heterocycles. The molecule has 2 rings (SSSR count). The Balaban J connectivity index is 2.04. The summed E-state index contributed by atoms with van der Waals surface area (Å²) in [6.07, 6.45) is -0.239. The summed E-state index contributed by atoms with van der Waals surface area (Å²) in [5.74, 6) is 0.789. The Bertz CT molecular complexity index is 847. The van der Waals surface area contributed by atoms with E-state index >= 15 is 0 Å². The highest BCUT2D eigenvalue weighted by Gasteiger charge is 2.22. The van der Waals surface area contributed by atoms with Crippen molar-refractivity contribution in [2.45, 2.75) is 45.8 Å². The molecular weight excluding hydrogens is 408 g/mol. The second-order valence-corrected chi connectivity index (χ2v) is 8.28. The minimum Gasteiger partial charge on any atom is -0.457 e. The number of ether oxygens (including phenoxy) is 2. The minimum atomic E-state index is -0.658. The highest BCUT2D eigenvalue weighted by molar-refractivity contribution is 6.30. The van der Waals surface area contributed by atoms with Crippen LogP contribution in [0.4, 0.5) is 4.79 Å². The van der Waals surface area contributed by atoms with E-state index in [9.17, 15) is 14.8 Å². The number of alkyl carbamates (subject to hydrolysis) is 1. The largest absolute Gasteiger partial charge is 0.457 e. The average Bonchev–Trinajstić information content (AvgIpc) is 2.63. The number of amides is 2. The van der Waals surface area contributed by atoms with Crippen LogP contribution in [-0.2, 0) is 16.0 Å². The molecule has 2 aromatic rings. The SMILES string of the molecule is CC(=O)N(O)C[C@H](Cc1ccc(Oc2ccc(Cl)cc2)cc1)NC(=O)OC(C)(C)C. The van der Waals surface area contributed by atoms with Gasteiger partial charge in [0.05, 0.1) is 12.6 Å². The van der Waals surface area contributed by atoms with Crippen molar-refractivity contribution >= 4 is 23.6 Å². The molecule has 162 valence electrons. The fraction of sp³-hybridized carbons (Fsp3) is 0.364. The van der Waals surface area contributed by atoms with Crippen molar-refractivity contribution in [3.8, 4) is 11.5 Å².